The van der Waals surface area contributed by atoms with E-state index in [-0.39, 0.29) is 0 Å². The molecule has 246 valence electrons. The summed E-state index contributed by atoms with van der Waals surface area (Å²) in [5.74, 6) is 0.779. The minimum Gasteiger partial charge on any atom is -0.456 e. The second-order valence-corrected chi connectivity index (χ2v) is 13.8. The van der Waals surface area contributed by atoms with Gasteiger partial charge in [-0.3, -0.25) is 4.57 Å². The smallest absolute Gasteiger partial charge is 0.165 e. The van der Waals surface area contributed by atoms with E-state index in [1.54, 1.807) is 0 Å². The number of hydrogen-bond acceptors (Lipinski definition) is 3. The number of hydrogen-bond donors (Lipinski definition) is 0. The summed E-state index contributed by atoms with van der Waals surface area (Å²) in [6.45, 7) is 0. The van der Waals surface area contributed by atoms with Crippen molar-refractivity contribution in [2.24, 2.45) is 0 Å². The quantitative estimate of drug-likeness (QED) is 0.187. The van der Waals surface area contributed by atoms with Gasteiger partial charge in [0, 0.05) is 43.3 Å². The number of aromatic nitrogens is 4. The lowest BCUT2D eigenvalue weighted by atomic mass is 10.0. The summed E-state index contributed by atoms with van der Waals surface area (Å²) in [7, 11) is 0. The molecule has 0 unspecified atom stereocenters. The average Bonchev–Trinajstić information content (AvgIpc) is 3.87. The molecule has 4 aromatic heterocycles. The minimum atomic E-state index is 0.779. The van der Waals surface area contributed by atoms with E-state index in [1.807, 2.05) is 42.5 Å². The molecule has 0 saturated heterocycles. The number of para-hydroxylation sites is 6. The van der Waals surface area contributed by atoms with E-state index in [0.29, 0.717) is 0 Å². The molecule has 12 aromatic rings. The molecule has 0 fully saturated rings. The topological polar surface area (TPSA) is 48.8 Å². The Hall–Kier alpha value is -7.24. The molecule has 0 atom stereocenters. The van der Waals surface area contributed by atoms with Crippen LogP contribution < -0.4 is 0 Å². The Morgan fingerprint density at radius 3 is 1.74 bits per heavy atom. The van der Waals surface area contributed by atoms with Crippen LogP contribution in [0.5, 0.6) is 0 Å². The van der Waals surface area contributed by atoms with E-state index in [1.165, 1.54) is 38.0 Å². The normalized spacial score (nSPS) is 12.2. The lowest BCUT2D eigenvalue weighted by Crippen LogP contribution is -2.04. The highest BCUT2D eigenvalue weighted by molar-refractivity contribution is 6.17. The number of fused-ring (bicyclic) bond motifs is 11. The van der Waals surface area contributed by atoms with Crippen LogP contribution in [0.25, 0.3) is 110 Å². The van der Waals surface area contributed by atoms with Crippen LogP contribution >= 0.6 is 0 Å². The van der Waals surface area contributed by atoms with Crippen LogP contribution in [-0.4, -0.2) is 19.1 Å². The second kappa shape index (κ2) is 10.6. The summed E-state index contributed by atoms with van der Waals surface area (Å²) in [6, 6.07) is 60.0. The first-order valence-electron chi connectivity index (χ1n) is 17.9. The fourth-order valence-electron chi connectivity index (χ4n) is 8.63. The van der Waals surface area contributed by atoms with Gasteiger partial charge in [0.2, 0.25) is 0 Å². The maximum atomic E-state index is 6.37. The molecule has 5 heteroatoms. The molecule has 12 rings (SSSR count). The lowest BCUT2D eigenvalue weighted by molar-refractivity contribution is 0.669. The molecule has 53 heavy (non-hydrogen) atoms. The minimum absolute atomic E-state index is 0.779. The average molecular weight is 677 g/mol. The van der Waals surface area contributed by atoms with Crippen LogP contribution in [0, 0.1) is 0 Å². The maximum absolute atomic E-state index is 6.37. The van der Waals surface area contributed by atoms with Crippen molar-refractivity contribution in [2.45, 2.75) is 0 Å². The van der Waals surface area contributed by atoms with Gasteiger partial charge in [0.15, 0.2) is 5.82 Å². The Balaban J connectivity index is 1.23. The number of rotatable bonds is 3. The van der Waals surface area contributed by atoms with Gasteiger partial charge in [-0.25, -0.2) is 9.97 Å². The number of furan rings is 1. The van der Waals surface area contributed by atoms with Crippen molar-refractivity contribution in [3.63, 3.8) is 0 Å². The van der Waals surface area contributed by atoms with Crippen molar-refractivity contribution in [1.29, 1.82) is 0 Å². The van der Waals surface area contributed by atoms with Crippen LogP contribution in [0.1, 0.15) is 0 Å². The van der Waals surface area contributed by atoms with Crippen molar-refractivity contribution < 1.29 is 4.42 Å². The zero-order valence-electron chi connectivity index (χ0n) is 28.4. The number of nitrogens with zero attached hydrogens (tertiary/aromatic N) is 4. The standard InChI is InChI=1S/C48H28N4O/c1-7-21-39-30(14-1)31-15-2-8-22-40(31)51(39)42-24-11-13-29-27-36-32-16-3-9-23-41(32)52(43(36)28-35(29)42)48-47(49-37-19-5-6-20-38(37)50-48)34-18-12-26-45-46(34)33-17-4-10-25-44(33)53-45/h1-28H. The molecule has 0 radical (unpaired) electrons. The van der Waals surface area contributed by atoms with E-state index in [0.717, 1.165) is 72.2 Å². The van der Waals surface area contributed by atoms with Gasteiger partial charge in [-0.15, -0.1) is 0 Å². The lowest BCUT2D eigenvalue weighted by Gasteiger charge is -2.15. The highest BCUT2D eigenvalue weighted by Crippen LogP contribution is 2.42. The van der Waals surface area contributed by atoms with Crippen molar-refractivity contribution >= 4 is 87.4 Å². The van der Waals surface area contributed by atoms with Gasteiger partial charge in [0.25, 0.3) is 0 Å². The Bertz CT molecular complexity index is 3420. The molecule has 0 N–H and O–H groups in total. The second-order valence-electron chi connectivity index (χ2n) is 13.8. The SMILES string of the molecule is c1cc(-n2c3ccccc3c3ccccc32)c2cc3c(cc2c1)c1ccccc1n3-c1nc2ccccc2nc1-c1cccc2oc3ccccc3c12. The largest absolute Gasteiger partial charge is 0.456 e. The zero-order chi connectivity index (χ0) is 34.6. The fraction of sp³-hybridized carbons (Fsp3) is 0. The molecule has 0 aliphatic carbocycles. The Labute approximate surface area is 302 Å². The molecule has 8 aromatic carbocycles. The summed E-state index contributed by atoms with van der Waals surface area (Å²) >= 11 is 0. The van der Waals surface area contributed by atoms with Gasteiger partial charge in [-0.05, 0) is 66.0 Å². The molecule has 0 saturated carbocycles. The van der Waals surface area contributed by atoms with Gasteiger partial charge < -0.3 is 8.98 Å². The molecule has 0 spiro atoms. The summed E-state index contributed by atoms with van der Waals surface area (Å²) in [5.41, 5.74) is 10.8. The molecular weight excluding hydrogens is 649 g/mol. The van der Waals surface area contributed by atoms with Crippen LogP contribution in [0.4, 0.5) is 0 Å². The van der Waals surface area contributed by atoms with Crippen molar-refractivity contribution in [3.8, 4) is 22.8 Å². The third-order valence-corrected chi connectivity index (χ3v) is 10.9. The first-order chi connectivity index (χ1) is 26.3. The summed E-state index contributed by atoms with van der Waals surface area (Å²) in [4.78, 5) is 10.9. The highest BCUT2D eigenvalue weighted by atomic mass is 16.3. The summed E-state index contributed by atoms with van der Waals surface area (Å²) in [5, 5.41) is 9.25. The van der Waals surface area contributed by atoms with Crippen LogP contribution in [0.15, 0.2) is 174 Å². The molecule has 0 amide bonds. The van der Waals surface area contributed by atoms with E-state index >= 15 is 0 Å². The van der Waals surface area contributed by atoms with Gasteiger partial charge in [-0.1, -0.05) is 109 Å². The van der Waals surface area contributed by atoms with Crippen LogP contribution in [0.2, 0.25) is 0 Å². The first kappa shape index (κ1) is 28.5. The van der Waals surface area contributed by atoms with Crippen molar-refractivity contribution in [2.75, 3.05) is 0 Å². The van der Waals surface area contributed by atoms with Crippen molar-refractivity contribution in [1.82, 2.24) is 19.1 Å². The third-order valence-electron chi connectivity index (χ3n) is 10.9. The molecular formula is C48H28N4O. The van der Waals surface area contributed by atoms with Crippen molar-refractivity contribution in [3.05, 3.63) is 170 Å². The highest BCUT2D eigenvalue weighted by Gasteiger charge is 2.23. The van der Waals surface area contributed by atoms with E-state index in [2.05, 4.69) is 137 Å². The van der Waals surface area contributed by atoms with Gasteiger partial charge in [0.1, 0.15) is 16.9 Å². The summed E-state index contributed by atoms with van der Waals surface area (Å²) in [6.07, 6.45) is 0. The maximum Gasteiger partial charge on any atom is 0.165 e. The van der Waals surface area contributed by atoms with Crippen LogP contribution in [-0.2, 0) is 0 Å². The molecule has 4 heterocycles. The Morgan fingerprint density at radius 1 is 0.396 bits per heavy atom. The Morgan fingerprint density at radius 2 is 0.981 bits per heavy atom. The van der Waals surface area contributed by atoms with Crippen LogP contribution in [0.3, 0.4) is 0 Å². The molecule has 5 nitrogen and oxygen atoms in total. The van der Waals surface area contributed by atoms with Gasteiger partial charge >= 0.3 is 0 Å². The first-order valence-corrected chi connectivity index (χ1v) is 17.9. The van der Waals surface area contributed by atoms with E-state index < -0.39 is 0 Å². The van der Waals surface area contributed by atoms with E-state index in [4.69, 9.17) is 14.4 Å². The zero-order valence-corrected chi connectivity index (χ0v) is 28.4. The van der Waals surface area contributed by atoms with Gasteiger partial charge in [-0.2, -0.15) is 0 Å². The Kier molecular flexibility index (Phi) is 5.71. The monoisotopic (exact) mass is 676 g/mol. The predicted octanol–water partition coefficient (Wildman–Crippen LogP) is 12.5. The molecule has 0 aliphatic rings. The fourth-order valence-corrected chi connectivity index (χ4v) is 8.63. The summed E-state index contributed by atoms with van der Waals surface area (Å²) < 4.78 is 11.1. The number of benzene rings is 8. The van der Waals surface area contributed by atoms with Gasteiger partial charge in [0.05, 0.1) is 38.8 Å². The molecule has 0 bridgehead atoms. The molecule has 0 aliphatic heterocycles. The third kappa shape index (κ3) is 3.96. The predicted molar refractivity (Wildman–Crippen MR) is 218 cm³/mol. The van der Waals surface area contributed by atoms with E-state index in [9.17, 15) is 0 Å².